The van der Waals surface area contributed by atoms with Gasteiger partial charge in [0.1, 0.15) is 5.75 Å². The second kappa shape index (κ2) is 9.38. The molecule has 0 radical (unpaired) electrons. The van der Waals surface area contributed by atoms with Crippen LogP contribution < -0.4 is 10.1 Å². The molecule has 2 aromatic carbocycles. The largest absolute Gasteiger partial charge is 0.479 e. The van der Waals surface area contributed by atoms with E-state index in [0.717, 1.165) is 6.07 Å². The first-order valence-corrected chi connectivity index (χ1v) is 8.80. The average molecular weight is 427 g/mol. The Morgan fingerprint density at radius 1 is 1.11 bits per heavy atom. The zero-order valence-electron chi connectivity index (χ0n) is 14.8. The van der Waals surface area contributed by atoms with Crippen LogP contribution in [0.5, 0.6) is 5.75 Å². The van der Waals surface area contributed by atoms with Gasteiger partial charge in [-0.2, -0.15) is 0 Å². The van der Waals surface area contributed by atoms with Crippen molar-refractivity contribution in [1.82, 2.24) is 0 Å². The highest BCUT2D eigenvalue weighted by Crippen LogP contribution is 2.27. The molecule has 148 valence electrons. The lowest BCUT2D eigenvalue weighted by Gasteiger charge is -2.18. The van der Waals surface area contributed by atoms with Gasteiger partial charge >= 0.3 is 5.97 Å². The van der Waals surface area contributed by atoms with Crippen LogP contribution >= 0.6 is 23.2 Å². The summed E-state index contributed by atoms with van der Waals surface area (Å²) in [5, 5.41) is 13.6. The average Bonchev–Trinajstić information content (AvgIpc) is 2.62. The van der Waals surface area contributed by atoms with Gasteiger partial charge in [-0.15, -0.1) is 0 Å². The van der Waals surface area contributed by atoms with Crippen LogP contribution in [-0.2, 0) is 14.3 Å². The molecule has 0 aliphatic carbocycles. The number of carbonyl (C=O) groups excluding carboxylic acids is 2. The molecule has 0 saturated carbocycles. The number of ether oxygens (including phenoxy) is 2. The summed E-state index contributed by atoms with van der Waals surface area (Å²) in [6.07, 6.45) is -2.12. The first kappa shape index (κ1) is 21.5. The van der Waals surface area contributed by atoms with Crippen LogP contribution in [0.4, 0.5) is 11.4 Å². The Balaban J connectivity index is 1.94. The zero-order valence-corrected chi connectivity index (χ0v) is 16.4. The molecule has 2 rings (SSSR count). The molecule has 2 unspecified atom stereocenters. The van der Waals surface area contributed by atoms with Crippen molar-refractivity contribution in [2.75, 3.05) is 5.32 Å². The molecule has 28 heavy (non-hydrogen) atoms. The second-order valence-electron chi connectivity index (χ2n) is 5.71. The van der Waals surface area contributed by atoms with E-state index < -0.39 is 29.0 Å². The summed E-state index contributed by atoms with van der Waals surface area (Å²) < 4.78 is 10.5. The predicted octanol–water partition coefficient (Wildman–Crippen LogP) is 4.24. The summed E-state index contributed by atoms with van der Waals surface area (Å²) in [4.78, 5) is 34.4. The van der Waals surface area contributed by atoms with E-state index in [1.165, 1.54) is 32.0 Å². The van der Waals surface area contributed by atoms with Crippen molar-refractivity contribution >= 4 is 46.5 Å². The number of nitrogens with zero attached hydrogens (tertiary/aromatic N) is 1. The maximum absolute atomic E-state index is 12.2. The standard InChI is InChI=1S/C18H16Cl2N2O6/c1-10(17(23)21-16-7-6-13(22(25)26)9-15(16)20)28-18(24)11(2)27-14-5-3-4-12(19)8-14/h3-11H,1-2H3,(H,21,23). The van der Waals surface area contributed by atoms with Gasteiger partial charge in [0.2, 0.25) is 0 Å². The van der Waals surface area contributed by atoms with Crippen LogP contribution in [0, 0.1) is 10.1 Å². The minimum absolute atomic E-state index is 0.0151. The van der Waals surface area contributed by atoms with E-state index in [0.29, 0.717) is 10.8 Å². The molecule has 1 N–H and O–H groups in total. The number of halogens is 2. The molecule has 0 aromatic heterocycles. The number of hydrogen-bond acceptors (Lipinski definition) is 6. The summed E-state index contributed by atoms with van der Waals surface area (Å²) in [7, 11) is 0. The Morgan fingerprint density at radius 2 is 1.82 bits per heavy atom. The molecule has 0 aliphatic rings. The summed E-state index contributed by atoms with van der Waals surface area (Å²) in [5.41, 5.74) is -0.0575. The fraction of sp³-hybridized carbons (Fsp3) is 0.222. The summed E-state index contributed by atoms with van der Waals surface area (Å²) in [6.45, 7) is 2.85. The molecule has 0 aliphatic heterocycles. The molecule has 8 nitrogen and oxygen atoms in total. The number of benzene rings is 2. The van der Waals surface area contributed by atoms with Crippen LogP contribution in [0.15, 0.2) is 42.5 Å². The summed E-state index contributed by atoms with van der Waals surface area (Å²) >= 11 is 11.8. The molecule has 2 aromatic rings. The van der Waals surface area contributed by atoms with Crippen LogP contribution in [0.1, 0.15) is 13.8 Å². The van der Waals surface area contributed by atoms with Crippen LogP contribution in [0.3, 0.4) is 0 Å². The minimum Gasteiger partial charge on any atom is -0.479 e. The summed E-state index contributed by atoms with van der Waals surface area (Å²) in [5.74, 6) is -1.02. The Morgan fingerprint density at radius 3 is 2.43 bits per heavy atom. The lowest BCUT2D eigenvalue weighted by molar-refractivity contribution is -0.384. The fourth-order valence-electron chi connectivity index (χ4n) is 2.07. The number of nitrogens with one attached hydrogen (secondary N) is 1. The third-order valence-corrected chi connectivity index (χ3v) is 4.07. The monoisotopic (exact) mass is 426 g/mol. The number of esters is 1. The number of amides is 1. The number of carbonyl (C=O) groups is 2. The number of hydrogen-bond donors (Lipinski definition) is 1. The SMILES string of the molecule is CC(OC(=O)C(C)Oc1cccc(Cl)c1)C(=O)Nc1ccc([N+](=O)[O-])cc1Cl. The highest BCUT2D eigenvalue weighted by atomic mass is 35.5. The Labute approximate surface area is 170 Å². The van der Waals surface area contributed by atoms with Gasteiger partial charge in [0.15, 0.2) is 12.2 Å². The van der Waals surface area contributed by atoms with Crippen molar-refractivity contribution in [3.8, 4) is 5.75 Å². The van der Waals surface area contributed by atoms with Gasteiger partial charge in [-0.3, -0.25) is 14.9 Å². The molecule has 0 bridgehead atoms. The molecule has 1 amide bonds. The molecule has 0 fully saturated rings. The van der Waals surface area contributed by atoms with E-state index >= 15 is 0 Å². The van der Waals surface area contributed by atoms with E-state index in [1.54, 1.807) is 18.2 Å². The van der Waals surface area contributed by atoms with Crippen molar-refractivity contribution in [2.24, 2.45) is 0 Å². The van der Waals surface area contributed by atoms with Gasteiger partial charge in [0.25, 0.3) is 11.6 Å². The van der Waals surface area contributed by atoms with E-state index in [1.807, 2.05) is 0 Å². The van der Waals surface area contributed by atoms with Crippen molar-refractivity contribution in [3.63, 3.8) is 0 Å². The van der Waals surface area contributed by atoms with E-state index in [-0.39, 0.29) is 16.4 Å². The lowest BCUT2D eigenvalue weighted by Crippen LogP contribution is -2.35. The molecule has 10 heteroatoms. The minimum atomic E-state index is -1.15. The Bertz CT molecular complexity index is 905. The van der Waals surface area contributed by atoms with E-state index in [4.69, 9.17) is 32.7 Å². The van der Waals surface area contributed by atoms with E-state index in [9.17, 15) is 19.7 Å². The van der Waals surface area contributed by atoms with Crippen molar-refractivity contribution in [3.05, 3.63) is 62.6 Å². The maximum Gasteiger partial charge on any atom is 0.347 e. The van der Waals surface area contributed by atoms with Gasteiger partial charge < -0.3 is 14.8 Å². The number of anilines is 1. The van der Waals surface area contributed by atoms with Gasteiger partial charge in [-0.25, -0.2) is 4.79 Å². The third-order valence-electron chi connectivity index (χ3n) is 3.52. The number of nitro benzene ring substituents is 1. The predicted molar refractivity (Wildman–Crippen MR) is 104 cm³/mol. The molecule has 0 heterocycles. The van der Waals surface area contributed by atoms with Crippen LogP contribution in [-0.4, -0.2) is 29.0 Å². The smallest absolute Gasteiger partial charge is 0.347 e. The number of rotatable bonds is 7. The quantitative estimate of drug-likeness (QED) is 0.402. The first-order chi connectivity index (χ1) is 13.2. The van der Waals surface area contributed by atoms with Gasteiger partial charge in [-0.05, 0) is 38.1 Å². The highest BCUT2D eigenvalue weighted by Gasteiger charge is 2.24. The van der Waals surface area contributed by atoms with E-state index in [2.05, 4.69) is 5.32 Å². The molecular weight excluding hydrogens is 411 g/mol. The van der Waals surface area contributed by atoms with Crippen LogP contribution in [0.2, 0.25) is 10.0 Å². The first-order valence-electron chi connectivity index (χ1n) is 8.05. The third kappa shape index (κ3) is 5.83. The summed E-state index contributed by atoms with van der Waals surface area (Å²) in [6, 6.07) is 10.1. The lowest BCUT2D eigenvalue weighted by atomic mass is 10.2. The Hall–Kier alpha value is -2.84. The Kier molecular flexibility index (Phi) is 7.19. The van der Waals surface area contributed by atoms with Crippen molar-refractivity contribution < 1.29 is 24.0 Å². The topological polar surface area (TPSA) is 108 Å². The molecular formula is C18H16Cl2N2O6. The fourth-order valence-corrected chi connectivity index (χ4v) is 2.47. The van der Waals surface area contributed by atoms with Crippen LogP contribution in [0.25, 0.3) is 0 Å². The number of non-ortho nitro benzene ring substituents is 1. The van der Waals surface area contributed by atoms with Gasteiger partial charge in [0.05, 0.1) is 15.6 Å². The van der Waals surface area contributed by atoms with Crippen molar-refractivity contribution in [2.45, 2.75) is 26.1 Å². The van der Waals surface area contributed by atoms with Crippen molar-refractivity contribution in [1.29, 1.82) is 0 Å². The normalized spacial score (nSPS) is 12.6. The molecule has 0 saturated heterocycles. The zero-order chi connectivity index (χ0) is 20.8. The molecule has 0 spiro atoms. The van der Waals surface area contributed by atoms with Gasteiger partial charge in [-0.1, -0.05) is 29.3 Å². The van der Waals surface area contributed by atoms with Gasteiger partial charge in [0, 0.05) is 17.2 Å². The maximum atomic E-state index is 12.2. The number of nitro groups is 1. The highest BCUT2D eigenvalue weighted by molar-refractivity contribution is 6.34. The second-order valence-corrected chi connectivity index (χ2v) is 6.55. The molecule has 2 atom stereocenters.